The van der Waals surface area contributed by atoms with Crippen LogP contribution < -0.4 is 5.32 Å². The molecule has 0 spiro atoms. The van der Waals surface area contributed by atoms with Gasteiger partial charge in [0.25, 0.3) is 0 Å². The zero-order chi connectivity index (χ0) is 34.9. The first-order valence-electron chi connectivity index (χ1n) is 16.1. The summed E-state index contributed by atoms with van der Waals surface area (Å²) in [7, 11) is 1.42. The van der Waals surface area contributed by atoms with Gasteiger partial charge in [-0.15, -0.1) is 0 Å². The Bertz CT molecular complexity index is 1490. The Kier molecular flexibility index (Phi) is 13.4. The normalized spacial score (nSPS) is 38.7. The standard InChI is InChI=1S/C35H47NO11.2Ac/c1-18(20(3)36-17-37)28(40)46-22-15-34(42)30(47-29(41)21-12-10-9-11-13-21)33(7)32(6,23(44-8)14-24-35(33,43)16-45-24)27(39)26(38)25(19(22)2)31(34,4)5;;/h9-13,17-18,20,22-24,26,30,38,42-43H,14-16H2,1-8H3,(H,36,37);;/t18-,20?,22?,23?,24?,26?,30?,32+,33?,34?,35?;;/m1../s1. The number of methoxy groups -OCH3 is 1. The van der Waals surface area contributed by atoms with Crippen molar-refractivity contribution in [1.82, 2.24) is 5.32 Å². The van der Waals surface area contributed by atoms with Gasteiger partial charge < -0.3 is 39.6 Å². The Morgan fingerprint density at radius 2 is 1.65 bits per heavy atom. The second kappa shape index (κ2) is 15.2. The van der Waals surface area contributed by atoms with Gasteiger partial charge >= 0.3 is 11.9 Å². The number of amides is 1. The number of fused-ring (bicyclic) bond motifs is 5. The molecular formula is C35H47Ac2NO11. The average Bonchev–Trinajstić information content (AvgIpc) is 3.03. The molecule has 4 aliphatic rings. The molecule has 4 N–H and O–H groups in total. The first-order chi connectivity index (χ1) is 21.9. The van der Waals surface area contributed by atoms with Crippen molar-refractivity contribution in [3.63, 3.8) is 0 Å². The molecule has 14 heteroatoms. The summed E-state index contributed by atoms with van der Waals surface area (Å²) in [5, 5.41) is 40.4. The van der Waals surface area contributed by atoms with Gasteiger partial charge in [0.1, 0.15) is 29.5 Å². The monoisotopic (exact) mass is 1110 g/mol. The van der Waals surface area contributed by atoms with Crippen molar-refractivity contribution in [1.29, 1.82) is 0 Å². The van der Waals surface area contributed by atoms with Crippen molar-refractivity contribution in [2.75, 3.05) is 13.7 Å². The minimum Gasteiger partial charge on any atom is -0.457 e. The van der Waals surface area contributed by atoms with Crippen LogP contribution in [0.25, 0.3) is 0 Å². The molecule has 2 saturated carbocycles. The van der Waals surface area contributed by atoms with Crippen LogP contribution in [0.4, 0.5) is 0 Å². The van der Waals surface area contributed by atoms with Crippen molar-refractivity contribution in [3.8, 4) is 0 Å². The molecular weight excluding hydrogens is 1060 g/mol. The molecule has 11 atom stereocenters. The Hall–Kier alpha value is -0.277. The number of rotatable bonds is 8. The summed E-state index contributed by atoms with van der Waals surface area (Å²) in [6, 6.07) is 7.58. The van der Waals surface area contributed by atoms with Gasteiger partial charge in [-0.25, -0.2) is 4.79 Å². The van der Waals surface area contributed by atoms with E-state index in [0.717, 1.165) is 0 Å². The van der Waals surface area contributed by atoms with Crippen LogP contribution in [-0.4, -0.2) is 101 Å². The smallest absolute Gasteiger partial charge is 0.338 e. The maximum absolute atomic E-state index is 14.9. The summed E-state index contributed by atoms with van der Waals surface area (Å²) in [5.41, 5.74) is -8.27. The van der Waals surface area contributed by atoms with E-state index in [4.69, 9.17) is 18.9 Å². The molecule has 0 aromatic heterocycles. The number of benzene rings is 1. The summed E-state index contributed by atoms with van der Waals surface area (Å²) in [6.07, 6.45) is -6.04. The van der Waals surface area contributed by atoms with Gasteiger partial charge in [-0.1, -0.05) is 39.0 Å². The predicted molar refractivity (Wildman–Crippen MR) is 167 cm³/mol. The quantitative estimate of drug-likeness (QED) is 0.170. The second-order valence-electron chi connectivity index (χ2n) is 14.6. The fourth-order valence-corrected chi connectivity index (χ4v) is 8.84. The molecule has 264 valence electrons. The molecule has 1 aromatic rings. The largest absolute Gasteiger partial charge is 0.457 e. The van der Waals surface area contributed by atoms with E-state index in [1.54, 1.807) is 78.8 Å². The number of esters is 2. The number of hydrogen-bond acceptors (Lipinski definition) is 11. The topological polar surface area (TPSA) is 178 Å². The Balaban J connectivity index is 0.00000325. The number of carbonyl (C=O) groups excluding carboxylic acids is 4. The van der Waals surface area contributed by atoms with Gasteiger partial charge in [0, 0.05) is 120 Å². The number of hydrogen-bond donors (Lipinski definition) is 4. The van der Waals surface area contributed by atoms with E-state index in [9.17, 15) is 34.5 Å². The summed E-state index contributed by atoms with van der Waals surface area (Å²) < 4.78 is 24.1. The van der Waals surface area contributed by atoms with E-state index in [1.807, 2.05) is 0 Å². The van der Waals surface area contributed by atoms with Crippen LogP contribution in [-0.2, 0) is 33.3 Å². The third kappa shape index (κ3) is 6.21. The van der Waals surface area contributed by atoms with Crippen molar-refractivity contribution < 1.29 is 142 Å². The van der Waals surface area contributed by atoms with Crippen LogP contribution in [0.2, 0.25) is 0 Å². The van der Waals surface area contributed by atoms with Crippen LogP contribution in [0.1, 0.15) is 71.7 Å². The molecule has 1 saturated heterocycles. The third-order valence-corrected chi connectivity index (χ3v) is 12.5. The van der Waals surface area contributed by atoms with Crippen LogP contribution in [0.3, 0.4) is 0 Å². The van der Waals surface area contributed by atoms with Crippen LogP contribution in [0.5, 0.6) is 0 Å². The van der Waals surface area contributed by atoms with Gasteiger partial charge in [-0.3, -0.25) is 14.4 Å². The van der Waals surface area contributed by atoms with Crippen LogP contribution in [0, 0.1) is 110 Å². The number of nitrogens with one attached hydrogen (secondary N) is 1. The molecule has 1 aromatic carbocycles. The van der Waals surface area contributed by atoms with Crippen molar-refractivity contribution in [2.24, 2.45) is 22.2 Å². The molecule has 9 unspecified atom stereocenters. The summed E-state index contributed by atoms with van der Waals surface area (Å²) in [5.74, 6) is -2.98. The van der Waals surface area contributed by atoms with Gasteiger partial charge in [0.15, 0.2) is 5.78 Å². The number of aliphatic hydroxyl groups is 3. The molecule has 5 rings (SSSR count). The van der Waals surface area contributed by atoms with Crippen molar-refractivity contribution in [3.05, 3.63) is 47.0 Å². The van der Waals surface area contributed by atoms with E-state index in [1.165, 1.54) is 7.11 Å². The van der Waals surface area contributed by atoms with Gasteiger partial charge in [0.05, 0.1) is 41.1 Å². The summed E-state index contributed by atoms with van der Waals surface area (Å²) in [6.45, 7) is 11.1. The molecule has 3 fully saturated rings. The molecule has 1 aliphatic heterocycles. The predicted octanol–water partition coefficient (Wildman–Crippen LogP) is 1.88. The first-order valence-corrected chi connectivity index (χ1v) is 16.1. The Morgan fingerprint density at radius 3 is 2.18 bits per heavy atom. The summed E-state index contributed by atoms with van der Waals surface area (Å²) in [4.78, 5) is 53.3. The molecule has 1 amide bonds. The SMILES string of the molecule is COC1CC2OCC2(O)C2(C)C(OC(=O)c3ccccc3)C3(O)CC(OC(=O)[C@H](C)C(C)NC=O)C(C)=C(C(O)C(=O)[C@]12C)C3(C)C.[Ac].[Ac]. The fourth-order valence-electron chi connectivity index (χ4n) is 8.84. The van der Waals surface area contributed by atoms with Crippen LogP contribution in [0.15, 0.2) is 41.5 Å². The van der Waals surface area contributed by atoms with Crippen LogP contribution >= 0.6 is 0 Å². The zero-order valence-electron chi connectivity index (χ0n) is 29.4. The third-order valence-electron chi connectivity index (χ3n) is 12.5. The van der Waals surface area contributed by atoms with E-state index >= 15 is 0 Å². The number of aliphatic hydroxyl groups excluding tert-OH is 1. The Labute approximate surface area is 358 Å². The molecule has 12 nitrogen and oxygen atoms in total. The van der Waals surface area contributed by atoms with E-state index in [-0.39, 0.29) is 119 Å². The maximum Gasteiger partial charge on any atom is 0.338 e. The van der Waals surface area contributed by atoms with Gasteiger partial charge in [0.2, 0.25) is 6.41 Å². The molecule has 3 aliphatic carbocycles. The van der Waals surface area contributed by atoms with E-state index in [2.05, 4.69) is 5.32 Å². The average molecular weight is 1110 g/mol. The number of ketones is 1. The van der Waals surface area contributed by atoms with Crippen molar-refractivity contribution >= 4 is 24.1 Å². The number of carbonyl (C=O) groups is 4. The molecule has 2 radical (unpaired) electrons. The molecule has 1 heterocycles. The maximum atomic E-state index is 14.9. The van der Waals surface area contributed by atoms with Gasteiger partial charge in [-0.05, 0) is 51.0 Å². The molecule has 2 bridgehead atoms. The number of ether oxygens (including phenoxy) is 4. The van der Waals surface area contributed by atoms with Crippen molar-refractivity contribution in [2.45, 2.75) is 109 Å². The fraction of sp³-hybridized carbons (Fsp3) is 0.657. The molecule has 49 heavy (non-hydrogen) atoms. The van der Waals surface area contributed by atoms with Gasteiger partial charge in [-0.2, -0.15) is 0 Å². The summed E-state index contributed by atoms with van der Waals surface area (Å²) >= 11 is 0. The zero-order valence-corrected chi connectivity index (χ0v) is 38.9. The first kappa shape index (κ1) is 43.1. The Morgan fingerprint density at radius 1 is 1.04 bits per heavy atom. The second-order valence-corrected chi connectivity index (χ2v) is 14.6. The number of Topliss-reactive ketones (excluding diaryl/α,β-unsaturated/α-hetero) is 1. The minimum absolute atomic E-state index is 0. The van der Waals surface area contributed by atoms with E-state index in [0.29, 0.717) is 12.0 Å². The minimum atomic E-state index is -2.14. The van der Waals surface area contributed by atoms with E-state index < -0.39 is 87.6 Å².